The Morgan fingerprint density at radius 3 is 2.33 bits per heavy atom. The number of nitrogens with one attached hydrogen (secondary N) is 1. The number of nitrogens with zero attached hydrogens (tertiary/aromatic N) is 1. The number of rotatable bonds is 4. The zero-order chi connectivity index (χ0) is 14.1. The molecule has 102 valence electrons. The van der Waals surface area contributed by atoms with Crippen LogP contribution < -0.4 is 5.32 Å². The molecule has 0 fully saturated rings. The number of hydrogen-bond acceptors (Lipinski definition) is 4. The van der Waals surface area contributed by atoms with Crippen LogP contribution in [0, 0.1) is 0 Å². The van der Waals surface area contributed by atoms with Crippen molar-refractivity contribution < 1.29 is 19.8 Å². The fourth-order valence-corrected chi connectivity index (χ4v) is 1.34. The Hall–Kier alpha value is -1.85. The van der Waals surface area contributed by atoms with Gasteiger partial charge < -0.3 is 15.5 Å². The molecule has 6 nitrogen and oxygen atoms in total. The number of hydrogen-bond donors (Lipinski definition) is 3. The molecule has 0 saturated heterocycles. The number of carboxylic acid groups (broad SMARTS) is 2. The molecule has 0 bridgehead atoms. The van der Waals surface area contributed by atoms with Gasteiger partial charge in [0.1, 0.15) is 12.3 Å². The van der Waals surface area contributed by atoms with Crippen LogP contribution in [0.3, 0.4) is 0 Å². The van der Waals surface area contributed by atoms with Gasteiger partial charge in [0.05, 0.1) is 0 Å². The Kier molecular flexibility index (Phi) is 7.42. The van der Waals surface area contributed by atoms with Gasteiger partial charge in [0.2, 0.25) is 0 Å². The summed E-state index contributed by atoms with van der Waals surface area (Å²) in [6.45, 7) is 8.99. The lowest BCUT2D eigenvalue weighted by Gasteiger charge is -2.23. The van der Waals surface area contributed by atoms with E-state index in [1.54, 1.807) is 0 Å². The lowest BCUT2D eigenvalue weighted by atomic mass is 10.1. The summed E-state index contributed by atoms with van der Waals surface area (Å²) in [6.07, 6.45) is 1.53. The minimum atomic E-state index is -1.31. The van der Waals surface area contributed by atoms with E-state index in [4.69, 9.17) is 10.2 Å². The van der Waals surface area contributed by atoms with Crippen molar-refractivity contribution >= 4 is 17.8 Å². The van der Waals surface area contributed by atoms with Crippen molar-refractivity contribution in [1.82, 2.24) is 5.32 Å². The molecule has 3 N–H and O–H groups in total. The Labute approximate surface area is 106 Å². The first-order valence-electron chi connectivity index (χ1n) is 5.77. The van der Waals surface area contributed by atoms with E-state index in [1.807, 2.05) is 6.92 Å². The predicted octanol–water partition coefficient (Wildman–Crippen LogP) is 1.28. The first-order chi connectivity index (χ1) is 8.36. The van der Waals surface area contributed by atoms with Crippen molar-refractivity contribution in [3.05, 3.63) is 12.2 Å². The smallest absolute Gasteiger partial charge is 0.314 e. The highest BCUT2D eigenvalue weighted by molar-refractivity contribution is 5.97. The van der Waals surface area contributed by atoms with Crippen molar-refractivity contribution in [2.45, 2.75) is 39.2 Å². The first kappa shape index (κ1) is 16.1. The summed E-state index contributed by atoms with van der Waals surface area (Å²) in [5.74, 6) is -1.62. The van der Waals surface area contributed by atoms with Gasteiger partial charge in [-0.1, -0.05) is 13.5 Å². The molecule has 0 amide bonds. The van der Waals surface area contributed by atoms with Crippen molar-refractivity contribution in [3.63, 3.8) is 0 Å². The molecule has 1 aliphatic rings. The maximum Gasteiger partial charge on any atom is 0.314 e. The predicted molar refractivity (Wildman–Crippen MR) is 68.8 cm³/mol. The third-order valence-corrected chi connectivity index (χ3v) is 2.29. The SMILES string of the molecule is C=C(C)C1=NCCC(CC)N1.O=C(O)CC(=O)O. The second-order valence-corrected chi connectivity index (χ2v) is 4.01. The van der Waals surface area contributed by atoms with E-state index >= 15 is 0 Å². The quantitative estimate of drug-likeness (QED) is 0.658. The van der Waals surface area contributed by atoms with Crippen LogP contribution in [-0.2, 0) is 9.59 Å². The molecule has 0 spiro atoms. The van der Waals surface area contributed by atoms with Crippen LogP contribution in [0.15, 0.2) is 17.1 Å². The number of carbonyl (C=O) groups is 2. The van der Waals surface area contributed by atoms with Crippen LogP contribution in [0.4, 0.5) is 0 Å². The Bertz CT molecular complexity index is 338. The summed E-state index contributed by atoms with van der Waals surface area (Å²) in [4.78, 5) is 23.2. The fraction of sp³-hybridized carbons (Fsp3) is 0.583. The zero-order valence-corrected chi connectivity index (χ0v) is 10.8. The normalized spacial score (nSPS) is 17.7. The van der Waals surface area contributed by atoms with E-state index in [0.29, 0.717) is 6.04 Å². The fourth-order valence-electron chi connectivity index (χ4n) is 1.34. The van der Waals surface area contributed by atoms with Gasteiger partial charge in [-0.25, -0.2) is 0 Å². The summed E-state index contributed by atoms with van der Waals surface area (Å²) in [6, 6.07) is 0.610. The van der Waals surface area contributed by atoms with E-state index in [-0.39, 0.29) is 0 Å². The second kappa shape index (κ2) is 8.27. The van der Waals surface area contributed by atoms with Crippen molar-refractivity contribution in [3.8, 4) is 0 Å². The molecule has 0 saturated carbocycles. The largest absolute Gasteiger partial charge is 0.481 e. The van der Waals surface area contributed by atoms with Crippen LogP contribution in [0.5, 0.6) is 0 Å². The zero-order valence-electron chi connectivity index (χ0n) is 10.8. The Balaban J connectivity index is 0.000000360. The monoisotopic (exact) mass is 256 g/mol. The molecule has 1 heterocycles. The molecule has 1 rings (SSSR count). The number of amidine groups is 1. The lowest BCUT2D eigenvalue weighted by Crippen LogP contribution is -2.38. The van der Waals surface area contributed by atoms with E-state index in [1.165, 1.54) is 6.42 Å². The minimum Gasteiger partial charge on any atom is -0.481 e. The molecule has 0 aliphatic carbocycles. The summed E-state index contributed by atoms with van der Waals surface area (Å²) in [5.41, 5.74) is 1.04. The molecule has 1 unspecified atom stereocenters. The third-order valence-electron chi connectivity index (χ3n) is 2.29. The van der Waals surface area contributed by atoms with E-state index in [9.17, 15) is 9.59 Å². The van der Waals surface area contributed by atoms with Gasteiger partial charge in [0.25, 0.3) is 0 Å². The van der Waals surface area contributed by atoms with Crippen molar-refractivity contribution in [2.24, 2.45) is 4.99 Å². The van der Waals surface area contributed by atoms with Gasteiger partial charge in [0.15, 0.2) is 0 Å². The van der Waals surface area contributed by atoms with Crippen LogP contribution in [0.1, 0.15) is 33.1 Å². The van der Waals surface area contributed by atoms with E-state index in [2.05, 4.69) is 23.8 Å². The highest BCUT2D eigenvalue weighted by Gasteiger charge is 2.12. The molecule has 1 atom stereocenters. The molecule has 0 aromatic carbocycles. The number of carboxylic acids is 2. The third kappa shape index (κ3) is 7.43. The molecule has 18 heavy (non-hydrogen) atoms. The van der Waals surface area contributed by atoms with Gasteiger partial charge in [0, 0.05) is 12.6 Å². The average molecular weight is 256 g/mol. The summed E-state index contributed by atoms with van der Waals surface area (Å²) in [7, 11) is 0. The lowest BCUT2D eigenvalue weighted by molar-refractivity contribution is -0.147. The maximum atomic E-state index is 9.43. The first-order valence-corrected chi connectivity index (χ1v) is 5.77. The Morgan fingerprint density at radius 2 is 2.00 bits per heavy atom. The molecule has 0 aromatic rings. The Morgan fingerprint density at radius 1 is 1.44 bits per heavy atom. The van der Waals surface area contributed by atoms with Crippen molar-refractivity contribution in [1.29, 1.82) is 0 Å². The molecule has 0 radical (unpaired) electrons. The standard InChI is InChI=1S/C9H16N2.C3H4O4/c1-4-8-5-6-10-9(11-8)7(2)3;4-2(5)1-3(6)7/h8H,2,4-6H2,1,3H3,(H,10,11);1H2,(H,4,5)(H,6,7). The molecule has 6 heteroatoms. The van der Waals surface area contributed by atoms with Gasteiger partial charge in [-0.05, 0) is 25.3 Å². The molecular formula is C12H20N2O4. The number of aliphatic carboxylic acids is 2. The van der Waals surface area contributed by atoms with Gasteiger partial charge in [-0.15, -0.1) is 0 Å². The molecule has 1 aliphatic heterocycles. The minimum absolute atomic E-state index is 0.610. The summed E-state index contributed by atoms with van der Waals surface area (Å²) in [5, 5.41) is 18.8. The summed E-state index contributed by atoms with van der Waals surface area (Å²) >= 11 is 0. The number of aliphatic imine (C=N–C) groups is 1. The topological polar surface area (TPSA) is 99.0 Å². The van der Waals surface area contributed by atoms with Crippen LogP contribution in [0.2, 0.25) is 0 Å². The summed E-state index contributed by atoms with van der Waals surface area (Å²) < 4.78 is 0. The van der Waals surface area contributed by atoms with E-state index < -0.39 is 18.4 Å². The van der Waals surface area contributed by atoms with Crippen molar-refractivity contribution in [2.75, 3.05) is 6.54 Å². The van der Waals surface area contributed by atoms with Gasteiger partial charge in [-0.3, -0.25) is 14.6 Å². The van der Waals surface area contributed by atoms with Crippen LogP contribution in [-0.4, -0.2) is 40.6 Å². The van der Waals surface area contributed by atoms with Crippen LogP contribution in [0.25, 0.3) is 0 Å². The maximum absolute atomic E-state index is 9.43. The average Bonchev–Trinajstić information content (AvgIpc) is 2.28. The second-order valence-electron chi connectivity index (χ2n) is 4.01. The highest BCUT2D eigenvalue weighted by Crippen LogP contribution is 2.06. The van der Waals surface area contributed by atoms with Gasteiger partial charge >= 0.3 is 11.9 Å². The van der Waals surface area contributed by atoms with Crippen LogP contribution >= 0.6 is 0 Å². The van der Waals surface area contributed by atoms with E-state index in [0.717, 1.165) is 24.4 Å². The molecule has 0 aromatic heterocycles. The molecular weight excluding hydrogens is 236 g/mol. The highest BCUT2D eigenvalue weighted by atomic mass is 16.4. The van der Waals surface area contributed by atoms with Gasteiger partial charge in [-0.2, -0.15) is 0 Å².